The molecule has 0 aromatic heterocycles. The molecule has 0 saturated heterocycles. The van der Waals surface area contributed by atoms with Crippen molar-refractivity contribution in [2.75, 3.05) is 26.3 Å². The zero-order valence-electron chi connectivity index (χ0n) is 32.4. The number of hydrogen-bond acceptors (Lipinski definition) is 6. The van der Waals surface area contributed by atoms with E-state index in [-0.39, 0.29) is 55.9 Å². The summed E-state index contributed by atoms with van der Waals surface area (Å²) in [6, 6.07) is -0.509. The van der Waals surface area contributed by atoms with E-state index in [0.717, 1.165) is 38.5 Å². The minimum Gasteiger partial charge on any atom is -1.00 e. The smallest absolute Gasteiger partial charge is 1.00 e. The Morgan fingerprint density at radius 1 is 0.698 bits per heavy atom. The van der Waals surface area contributed by atoms with E-state index >= 15 is 0 Å². The standard InChI is InChI=1S/C28H52N2O4.C10H14.ClH.F6P.Ru/c1-3-5-19-33-27(31)25(21-23-13-9-7-10-14-23)29-17-18-30-26(28(32)34-20-6-4-2)22-24-15-11-8-12-16-24;1-8(2)10-6-4-9(3)5-7-10;;1-7(2,3,4,5)6;/h23-26,29-30H,3-22H2,1-2H3;4-8H,1-3H3;1H;;/q;;;-1;+1/p-1/t25-,26-;;;;/m0..../s1. The summed E-state index contributed by atoms with van der Waals surface area (Å²) >= 11 is 0. The third kappa shape index (κ3) is 32.6. The largest absolute Gasteiger partial charge is 1.00 e. The second-order valence-corrected chi connectivity index (χ2v) is 16.5. The minimum absolute atomic E-state index is 0. The van der Waals surface area contributed by atoms with E-state index in [4.69, 9.17) is 9.47 Å². The van der Waals surface area contributed by atoms with Gasteiger partial charge in [0.1, 0.15) is 12.1 Å². The van der Waals surface area contributed by atoms with Crippen LogP contribution in [0.1, 0.15) is 137 Å². The van der Waals surface area contributed by atoms with Crippen LogP contribution >= 0.6 is 7.81 Å². The number of esters is 2. The van der Waals surface area contributed by atoms with Crippen LogP contribution < -0.4 is 23.0 Å². The van der Waals surface area contributed by atoms with Crippen molar-refractivity contribution in [2.45, 2.75) is 149 Å². The number of nitrogens with one attached hydrogen (secondary N) is 2. The van der Waals surface area contributed by atoms with Crippen molar-refractivity contribution in [2.24, 2.45) is 17.8 Å². The fourth-order valence-corrected chi connectivity index (χ4v) is 6.32. The molecule has 0 bridgehead atoms. The van der Waals surface area contributed by atoms with Crippen LogP contribution in [0.3, 0.4) is 0 Å². The predicted molar refractivity (Wildman–Crippen MR) is 195 cm³/mol. The van der Waals surface area contributed by atoms with Crippen molar-refractivity contribution < 1.29 is 76.1 Å². The summed E-state index contributed by atoms with van der Waals surface area (Å²) in [6.07, 6.45) is 26.9. The third-order valence-corrected chi connectivity index (χ3v) is 9.29. The molecule has 3 saturated carbocycles. The Labute approximate surface area is 336 Å². The number of carbonyl (C=O) groups excluding carboxylic acids is 2. The van der Waals surface area contributed by atoms with Crippen LogP contribution in [0.5, 0.6) is 0 Å². The van der Waals surface area contributed by atoms with Gasteiger partial charge < -0.3 is 32.5 Å². The van der Waals surface area contributed by atoms with Crippen molar-refractivity contribution in [1.29, 1.82) is 0 Å². The molecule has 15 heteroatoms. The maximum Gasteiger partial charge on any atom is 1.00 e. The molecule has 315 valence electrons. The Morgan fingerprint density at radius 2 is 1.04 bits per heavy atom. The van der Waals surface area contributed by atoms with Crippen LogP contribution in [-0.2, 0) is 38.5 Å². The summed E-state index contributed by atoms with van der Waals surface area (Å²) in [5.41, 5.74) is 0. The van der Waals surface area contributed by atoms with Gasteiger partial charge in [-0.1, -0.05) is 112 Å². The third-order valence-electron chi connectivity index (χ3n) is 9.29. The fraction of sp³-hybridized carbons (Fsp3) is 0.789. The van der Waals surface area contributed by atoms with Gasteiger partial charge in [-0.15, -0.1) is 0 Å². The summed E-state index contributed by atoms with van der Waals surface area (Å²) in [5, 5.41) is 6.91. The Bertz CT molecular complexity index is 892. The van der Waals surface area contributed by atoms with Crippen molar-refractivity contribution in [3.8, 4) is 0 Å². The maximum atomic E-state index is 12.8. The predicted octanol–water partition coefficient (Wildman–Crippen LogP) is 8.56. The van der Waals surface area contributed by atoms with Gasteiger partial charge in [0.25, 0.3) is 0 Å². The quantitative estimate of drug-likeness (QED) is 0.0473. The summed E-state index contributed by atoms with van der Waals surface area (Å²) in [7, 11) is -10.7. The molecule has 2 atom stereocenters. The second kappa shape index (κ2) is 27.4. The van der Waals surface area contributed by atoms with Crippen LogP contribution in [-0.4, -0.2) is 50.3 Å². The normalized spacial score (nSPS) is 20.1. The van der Waals surface area contributed by atoms with Crippen LogP contribution in [0, 0.1) is 55.3 Å². The van der Waals surface area contributed by atoms with Crippen LogP contribution in [0.15, 0.2) is 0 Å². The summed E-state index contributed by atoms with van der Waals surface area (Å²) in [6.45, 7) is 13.0. The van der Waals surface area contributed by atoms with Gasteiger partial charge in [-0.3, -0.25) is 9.59 Å². The van der Waals surface area contributed by atoms with Gasteiger partial charge in [0.15, 0.2) is 0 Å². The molecule has 0 unspecified atom stereocenters. The van der Waals surface area contributed by atoms with Gasteiger partial charge in [0.2, 0.25) is 0 Å². The zero-order valence-corrected chi connectivity index (χ0v) is 35.8. The van der Waals surface area contributed by atoms with E-state index in [9.17, 15) is 34.8 Å². The Morgan fingerprint density at radius 3 is 1.34 bits per heavy atom. The number of unbranched alkanes of at least 4 members (excludes halogenated alkanes) is 2. The van der Waals surface area contributed by atoms with E-state index in [1.807, 2.05) is 0 Å². The molecule has 0 aliphatic heterocycles. The van der Waals surface area contributed by atoms with Gasteiger partial charge in [0, 0.05) is 13.1 Å². The summed E-state index contributed by atoms with van der Waals surface area (Å²) in [5.74, 6) is 4.39. The fourth-order valence-electron chi connectivity index (χ4n) is 6.32. The second-order valence-electron chi connectivity index (χ2n) is 14.6. The Kier molecular flexibility index (Phi) is 28.4. The zero-order chi connectivity index (χ0) is 38.4. The first-order chi connectivity index (χ1) is 23.8. The van der Waals surface area contributed by atoms with Gasteiger partial charge in [-0.2, -0.15) is 0 Å². The molecule has 0 aromatic carbocycles. The number of hydrogen-bond donors (Lipinski definition) is 2. The monoisotopic (exact) mass is 896 g/mol. The molecule has 0 amide bonds. The van der Waals surface area contributed by atoms with Gasteiger partial charge in [-0.25, -0.2) is 0 Å². The topological polar surface area (TPSA) is 76.7 Å². The van der Waals surface area contributed by atoms with E-state index in [1.54, 1.807) is 0 Å². The van der Waals surface area contributed by atoms with Gasteiger partial charge >= 0.3 is 64.4 Å². The van der Waals surface area contributed by atoms with Crippen molar-refractivity contribution >= 4 is 19.7 Å². The summed E-state index contributed by atoms with van der Waals surface area (Å²) < 4.78 is 70.3. The maximum absolute atomic E-state index is 12.8. The molecule has 0 spiro atoms. The van der Waals surface area contributed by atoms with E-state index in [0.29, 0.717) is 44.1 Å². The number of halogens is 7. The number of rotatable bonds is 18. The van der Waals surface area contributed by atoms with Crippen LogP contribution in [0.25, 0.3) is 0 Å². The molecule has 3 fully saturated rings. The van der Waals surface area contributed by atoms with Crippen molar-refractivity contribution in [3.05, 3.63) is 37.5 Å². The average molecular weight is 896 g/mol. The van der Waals surface area contributed by atoms with Crippen molar-refractivity contribution in [1.82, 2.24) is 10.6 Å². The number of carbonyl (C=O) groups is 2. The first-order valence-corrected chi connectivity index (χ1v) is 21.2. The molecular formula is C38H66ClF6N2O4PRu-. The van der Waals surface area contributed by atoms with Gasteiger partial charge in [-0.05, 0) is 81.0 Å². The average Bonchev–Trinajstić information content (AvgIpc) is 3.05. The molecule has 3 rings (SSSR count). The van der Waals surface area contributed by atoms with Gasteiger partial charge in [0.05, 0.1) is 13.2 Å². The molecule has 2 N–H and O–H groups in total. The summed E-state index contributed by atoms with van der Waals surface area (Å²) in [4.78, 5) is 25.5. The minimum atomic E-state index is -10.7. The molecule has 7 radical (unpaired) electrons. The Hall–Kier alpha value is -0.217. The van der Waals surface area contributed by atoms with E-state index in [2.05, 4.69) is 70.9 Å². The number of ether oxygens (including phenoxy) is 2. The SMILES string of the molecule is CCCCOC(=O)[C@H](CC1CCCCC1)NCCN[C@@H](CC1CCCCC1)C(=O)OCCCC.C[C]1[CH][CH][C](C(C)C)[CH][CH]1.F[P-](F)(F)(F)(F)F.[Cl-].[Ru+]. The molecular weight excluding hydrogens is 830 g/mol. The molecule has 0 aromatic rings. The van der Waals surface area contributed by atoms with Crippen LogP contribution in [0.4, 0.5) is 25.2 Å². The molecule has 0 heterocycles. The molecule has 3 aliphatic carbocycles. The first kappa shape index (κ1) is 54.9. The molecule has 3 aliphatic rings. The molecule has 53 heavy (non-hydrogen) atoms. The van der Waals surface area contributed by atoms with E-state index in [1.165, 1.54) is 76.0 Å². The first-order valence-electron chi connectivity index (χ1n) is 19.2. The molecule has 6 nitrogen and oxygen atoms in total. The Balaban J connectivity index is 0. The van der Waals surface area contributed by atoms with Crippen LogP contribution in [0.2, 0.25) is 0 Å². The van der Waals surface area contributed by atoms with Crippen molar-refractivity contribution in [3.63, 3.8) is 0 Å². The van der Waals surface area contributed by atoms with E-state index < -0.39 is 7.81 Å².